The summed E-state index contributed by atoms with van der Waals surface area (Å²) >= 11 is 0. The standard InChI is InChI=1S/C15H23NO4/c1-20-13-8-6-12(7-9-13)14(17)11-16-10-4-2-3-5-15(18)19/h6-9,14,16-17H,2-5,10-11H2,1H3,(H,18,19). The van der Waals surface area contributed by atoms with E-state index in [9.17, 15) is 9.90 Å². The van der Waals surface area contributed by atoms with Crippen LogP contribution in [0.2, 0.25) is 0 Å². The zero-order valence-electron chi connectivity index (χ0n) is 11.8. The molecule has 1 aromatic carbocycles. The van der Waals surface area contributed by atoms with Crippen LogP contribution >= 0.6 is 0 Å². The Balaban J connectivity index is 2.13. The summed E-state index contributed by atoms with van der Waals surface area (Å²) in [6, 6.07) is 7.34. The predicted molar refractivity (Wildman–Crippen MR) is 76.9 cm³/mol. The Kier molecular flexibility index (Phi) is 7.69. The molecule has 0 amide bonds. The second-order valence-corrected chi connectivity index (χ2v) is 4.70. The third-order valence-corrected chi connectivity index (χ3v) is 3.08. The lowest BCUT2D eigenvalue weighted by Crippen LogP contribution is -2.22. The molecule has 1 aromatic rings. The molecule has 5 heteroatoms. The fraction of sp³-hybridized carbons (Fsp3) is 0.533. The third kappa shape index (κ3) is 6.54. The minimum Gasteiger partial charge on any atom is -0.497 e. The first kappa shape index (κ1) is 16.5. The summed E-state index contributed by atoms with van der Waals surface area (Å²) < 4.78 is 5.06. The normalized spacial score (nSPS) is 12.1. The van der Waals surface area contributed by atoms with Gasteiger partial charge in [-0.3, -0.25) is 4.79 Å². The van der Waals surface area contributed by atoms with E-state index in [0.717, 1.165) is 30.7 Å². The van der Waals surface area contributed by atoms with Crippen LogP contribution in [0.5, 0.6) is 5.75 Å². The van der Waals surface area contributed by atoms with Crippen LogP contribution in [0.15, 0.2) is 24.3 Å². The molecule has 1 rings (SSSR count). The number of carboxylic acids is 1. The number of unbranched alkanes of at least 4 members (excludes halogenated alkanes) is 2. The van der Waals surface area contributed by atoms with Crippen LogP contribution in [0.25, 0.3) is 0 Å². The molecule has 1 atom stereocenters. The van der Waals surface area contributed by atoms with Crippen LogP contribution in [0.4, 0.5) is 0 Å². The van der Waals surface area contributed by atoms with E-state index < -0.39 is 12.1 Å². The fourth-order valence-electron chi connectivity index (χ4n) is 1.89. The summed E-state index contributed by atoms with van der Waals surface area (Å²) in [5.41, 5.74) is 0.851. The van der Waals surface area contributed by atoms with Gasteiger partial charge in [-0.05, 0) is 37.1 Å². The molecule has 0 heterocycles. The minimum absolute atomic E-state index is 0.231. The van der Waals surface area contributed by atoms with Crippen molar-refractivity contribution < 1.29 is 19.7 Å². The van der Waals surface area contributed by atoms with E-state index in [2.05, 4.69) is 5.32 Å². The molecule has 112 valence electrons. The van der Waals surface area contributed by atoms with Crippen LogP contribution in [0.1, 0.15) is 37.4 Å². The number of aliphatic hydroxyl groups excluding tert-OH is 1. The average molecular weight is 281 g/mol. The molecule has 0 aliphatic carbocycles. The van der Waals surface area contributed by atoms with Crippen molar-refractivity contribution in [3.63, 3.8) is 0 Å². The lowest BCUT2D eigenvalue weighted by Gasteiger charge is -2.12. The van der Waals surface area contributed by atoms with E-state index >= 15 is 0 Å². The number of aliphatic carboxylic acids is 1. The van der Waals surface area contributed by atoms with Gasteiger partial charge >= 0.3 is 5.97 Å². The van der Waals surface area contributed by atoms with Gasteiger partial charge in [-0.1, -0.05) is 18.6 Å². The molecule has 3 N–H and O–H groups in total. The first-order valence-corrected chi connectivity index (χ1v) is 6.88. The number of hydrogen-bond acceptors (Lipinski definition) is 4. The molecule has 0 aliphatic rings. The van der Waals surface area contributed by atoms with Crippen molar-refractivity contribution in [3.8, 4) is 5.75 Å². The third-order valence-electron chi connectivity index (χ3n) is 3.08. The van der Waals surface area contributed by atoms with E-state index in [1.807, 2.05) is 24.3 Å². The van der Waals surface area contributed by atoms with E-state index in [-0.39, 0.29) is 6.42 Å². The van der Waals surface area contributed by atoms with Crippen molar-refractivity contribution in [1.29, 1.82) is 0 Å². The summed E-state index contributed by atoms with van der Waals surface area (Å²) in [5.74, 6) is 0.0280. The molecule has 0 bridgehead atoms. The number of hydrogen-bond donors (Lipinski definition) is 3. The predicted octanol–water partition coefficient (Wildman–Crippen LogP) is 1.96. The molecule has 5 nitrogen and oxygen atoms in total. The monoisotopic (exact) mass is 281 g/mol. The van der Waals surface area contributed by atoms with Crippen LogP contribution in [0, 0.1) is 0 Å². The summed E-state index contributed by atoms with van der Waals surface area (Å²) in [6.45, 7) is 1.28. The number of ether oxygens (including phenoxy) is 1. The highest BCUT2D eigenvalue weighted by molar-refractivity contribution is 5.66. The van der Waals surface area contributed by atoms with E-state index in [1.165, 1.54) is 0 Å². The van der Waals surface area contributed by atoms with Gasteiger partial charge in [0.15, 0.2) is 0 Å². The highest BCUT2D eigenvalue weighted by Crippen LogP contribution is 2.16. The number of carbonyl (C=O) groups is 1. The van der Waals surface area contributed by atoms with Crippen molar-refractivity contribution in [2.45, 2.75) is 31.8 Å². The van der Waals surface area contributed by atoms with Gasteiger partial charge in [-0.15, -0.1) is 0 Å². The van der Waals surface area contributed by atoms with Crippen molar-refractivity contribution in [1.82, 2.24) is 5.32 Å². The van der Waals surface area contributed by atoms with E-state index in [4.69, 9.17) is 9.84 Å². The highest BCUT2D eigenvalue weighted by Gasteiger charge is 2.06. The zero-order chi connectivity index (χ0) is 14.8. The van der Waals surface area contributed by atoms with Gasteiger partial charge in [-0.2, -0.15) is 0 Å². The number of benzene rings is 1. The molecule has 0 saturated carbocycles. The van der Waals surface area contributed by atoms with E-state index in [1.54, 1.807) is 7.11 Å². The topological polar surface area (TPSA) is 78.8 Å². The van der Waals surface area contributed by atoms with Crippen LogP contribution in [-0.4, -0.2) is 36.4 Å². The first-order chi connectivity index (χ1) is 9.63. The Labute approximate surface area is 119 Å². The van der Waals surface area contributed by atoms with Gasteiger partial charge in [0.1, 0.15) is 5.75 Å². The molecule has 1 unspecified atom stereocenters. The van der Waals surface area contributed by atoms with Gasteiger partial charge in [0.2, 0.25) is 0 Å². The van der Waals surface area contributed by atoms with Gasteiger partial charge in [0.25, 0.3) is 0 Å². The maximum atomic E-state index is 10.3. The number of aliphatic hydroxyl groups is 1. The van der Waals surface area contributed by atoms with Crippen molar-refractivity contribution >= 4 is 5.97 Å². The summed E-state index contributed by atoms with van der Waals surface area (Å²) in [5, 5.41) is 21.6. The van der Waals surface area contributed by atoms with Gasteiger partial charge < -0.3 is 20.3 Å². The Morgan fingerprint density at radius 2 is 1.95 bits per heavy atom. The highest BCUT2D eigenvalue weighted by atomic mass is 16.5. The van der Waals surface area contributed by atoms with Crippen molar-refractivity contribution in [3.05, 3.63) is 29.8 Å². The average Bonchev–Trinajstić information content (AvgIpc) is 2.45. The summed E-state index contributed by atoms with van der Waals surface area (Å²) in [6.07, 6.45) is 2.20. The largest absolute Gasteiger partial charge is 0.497 e. The Morgan fingerprint density at radius 3 is 2.55 bits per heavy atom. The zero-order valence-corrected chi connectivity index (χ0v) is 11.8. The molecule has 0 spiro atoms. The maximum Gasteiger partial charge on any atom is 0.303 e. The quantitative estimate of drug-likeness (QED) is 0.571. The minimum atomic E-state index is -0.743. The number of carboxylic acid groups (broad SMARTS) is 1. The molecule has 0 aliphatic heterocycles. The molecule has 0 saturated heterocycles. The summed E-state index contributed by atoms with van der Waals surface area (Å²) in [4.78, 5) is 10.3. The Hall–Kier alpha value is -1.59. The van der Waals surface area contributed by atoms with Gasteiger partial charge in [0, 0.05) is 13.0 Å². The summed E-state index contributed by atoms with van der Waals surface area (Å²) in [7, 11) is 1.61. The van der Waals surface area contributed by atoms with Crippen LogP contribution < -0.4 is 10.1 Å². The second kappa shape index (κ2) is 9.34. The number of methoxy groups -OCH3 is 1. The van der Waals surface area contributed by atoms with Crippen molar-refractivity contribution in [2.24, 2.45) is 0 Å². The smallest absolute Gasteiger partial charge is 0.303 e. The lowest BCUT2D eigenvalue weighted by atomic mass is 10.1. The SMILES string of the molecule is COc1ccc(C(O)CNCCCCCC(=O)O)cc1. The maximum absolute atomic E-state index is 10.3. The molecular formula is C15H23NO4. The van der Waals surface area contributed by atoms with Gasteiger partial charge in [0.05, 0.1) is 13.2 Å². The Morgan fingerprint density at radius 1 is 1.25 bits per heavy atom. The molecule has 0 radical (unpaired) electrons. The number of nitrogens with one attached hydrogen (secondary N) is 1. The molecular weight excluding hydrogens is 258 g/mol. The lowest BCUT2D eigenvalue weighted by molar-refractivity contribution is -0.137. The number of rotatable bonds is 10. The molecule has 0 aromatic heterocycles. The fourth-order valence-corrected chi connectivity index (χ4v) is 1.89. The van der Waals surface area contributed by atoms with Crippen molar-refractivity contribution in [2.75, 3.05) is 20.2 Å². The van der Waals surface area contributed by atoms with Crippen LogP contribution in [-0.2, 0) is 4.79 Å². The van der Waals surface area contributed by atoms with Crippen LogP contribution in [0.3, 0.4) is 0 Å². The molecule has 0 fully saturated rings. The van der Waals surface area contributed by atoms with Gasteiger partial charge in [-0.25, -0.2) is 0 Å². The second-order valence-electron chi connectivity index (χ2n) is 4.70. The molecule has 20 heavy (non-hydrogen) atoms. The Bertz CT molecular complexity index is 391. The first-order valence-electron chi connectivity index (χ1n) is 6.88. The van der Waals surface area contributed by atoms with E-state index in [0.29, 0.717) is 13.0 Å².